The van der Waals surface area contributed by atoms with Crippen LogP contribution in [0.4, 0.5) is 0 Å². The van der Waals surface area contributed by atoms with Gasteiger partial charge in [0.2, 0.25) is 5.91 Å². The van der Waals surface area contributed by atoms with Gasteiger partial charge in [-0.25, -0.2) is 4.79 Å². The van der Waals surface area contributed by atoms with Crippen LogP contribution >= 0.6 is 0 Å². The normalized spacial score (nSPS) is 12.4. The topological polar surface area (TPSA) is 64.6 Å². The van der Waals surface area contributed by atoms with Crippen LogP contribution in [0.15, 0.2) is 24.3 Å². The largest absolute Gasteiger partial charge is 0.497 e. The maximum Gasteiger partial charge on any atom is 0.330 e. The quantitative estimate of drug-likeness (QED) is 0.836. The number of nitrogens with one attached hydrogen (secondary N) is 1. The SMILES string of the molecule is COC(=O)C(C)(C)NC(=O)C(C)c1ccc(OC)cc1. The van der Waals surface area contributed by atoms with E-state index in [1.807, 2.05) is 12.1 Å². The molecule has 0 aliphatic carbocycles. The molecule has 0 aromatic heterocycles. The van der Waals surface area contributed by atoms with Gasteiger partial charge in [-0.3, -0.25) is 4.79 Å². The predicted molar refractivity (Wildman–Crippen MR) is 75.6 cm³/mol. The van der Waals surface area contributed by atoms with E-state index >= 15 is 0 Å². The first-order valence-electron chi connectivity index (χ1n) is 6.36. The van der Waals surface area contributed by atoms with Gasteiger partial charge in [-0.2, -0.15) is 0 Å². The van der Waals surface area contributed by atoms with Gasteiger partial charge in [0.15, 0.2) is 0 Å². The summed E-state index contributed by atoms with van der Waals surface area (Å²) in [6.07, 6.45) is 0. The number of carbonyl (C=O) groups is 2. The molecule has 0 saturated heterocycles. The minimum Gasteiger partial charge on any atom is -0.497 e. The van der Waals surface area contributed by atoms with Crippen LogP contribution in [0.2, 0.25) is 0 Å². The van der Waals surface area contributed by atoms with Crippen molar-refractivity contribution < 1.29 is 19.1 Å². The van der Waals surface area contributed by atoms with Gasteiger partial charge >= 0.3 is 5.97 Å². The third-order valence-corrected chi connectivity index (χ3v) is 3.14. The molecule has 1 atom stereocenters. The molecule has 1 aromatic carbocycles. The van der Waals surface area contributed by atoms with Crippen molar-refractivity contribution in [1.29, 1.82) is 0 Å². The van der Waals surface area contributed by atoms with E-state index in [4.69, 9.17) is 4.74 Å². The number of methoxy groups -OCH3 is 2. The Kier molecular flexibility index (Phi) is 5.13. The predicted octanol–water partition coefficient (Wildman–Crippen LogP) is 1.87. The van der Waals surface area contributed by atoms with E-state index in [1.54, 1.807) is 40.0 Å². The van der Waals surface area contributed by atoms with Crippen LogP contribution in [0, 0.1) is 0 Å². The Morgan fingerprint density at radius 3 is 2.15 bits per heavy atom. The van der Waals surface area contributed by atoms with Gasteiger partial charge < -0.3 is 14.8 Å². The van der Waals surface area contributed by atoms with E-state index in [0.29, 0.717) is 0 Å². The van der Waals surface area contributed by atoms with Crippen LogP contribution in [0.3, 0.4) is 0 Å². The molecule has 0 spiro atoms. The number of rotatable bonds is 5. The number of hydrogen-bond acceptors (Lipinski definition) is 4. The summed E-state index contributed by atoms with van der Waals surface area (Å²) in [6, 6.07) is 7.25. The fourth-order valence-electron chi connectivity index (χ4n) is 1.77. The molecule has 1 unspecified atom stereocenters. The zero-order valence-electron chi connectivity index (χ0n) is 12.5. The van der Waals surface area contributed by atoms with Crippen molar-refractivity contribution in [2.24, 2.45) is 0 Å². The molecule has 110 valence electrons. The maximum atomic E-state index is 12.2. The fraction of sp³-hybridized carbons (Fsp3) is 0.467. The Bertz CT molecular complexity index is 479. The van der Waals surface area contributed by atoms with Crippen LogP contribution in [-0.2, 0) is 14.3 Å². The smallest absolute Gasteiger partial charge is 0.330 e. The third-order valence-electron chi connectivity index (χ3n) is 3.14. The summed E-state index contributed by atoms with van der Waals surface area (Å²) in [4.78, 5) is 23.7. The second-order valence-corrected chi connectivity index (χ2v) is 5.10. The molecule has 0 radical (unpaired) electrons. The summed E-state index contributed by atoms with van der Waals surface area (Å²) in [6.45, 7) is 5.00. The summed E-state index contributed by atoms with van der Waals surface area (Å²) in [5.74, 6) is -0.348. The summed E-state index contributed by atoms with van der Waals surface area (Å²) in [7, 11) is 2.88. The second-order valence-electron chi connectivity index (χ2n) is 5.10. The second kappa shape index (κ2) is 6.41. The third kappa shape index (κ3) is 3.73. The molecule has 0 saturated carbocycles. The molecule has 1 amide bonds. The van der Waals surface area contributed by atoms with Crippen molar-refractivity contribution in [1.82, 2.24) is 5.32 Å². The lowest BCUT2D eigenvalue weighted by molar-refractivity contribution is -0.149. The molecule has 20 heavy (non-hydrogen) atoms. The molecule has 0 heterocycles. The summed E-state index contributed by atoms with van der Waals surface area (Å²) in [5.41, 5.74) is -0.198. The zero-order valence-corrected chi connectivity index (χ0v) is 12.5. The molecule has 0 fully saturated rings. The molecule has 5 heteroatoms. The van der Waals surface area contributed by atoms with Crippen molar-refractivity contribution in [2.45, 2.75) is 32.2 Å². The lowest BCUT2D eigenvalue weighted by atomic mass is 9.98. The fourth-order valence-corrected chi connectivity index (χ4v) is 1.77. The van der Waals surface area contributed by atoms with Gasteiger partial charge in [-0.05, 0) is 38.5 Å². The molecule has 1 rings (SSSR count). The molecular weight excluding hydrogens is 258 g/mol. The standard InChI is InChI=1S/C15H21NO4/c1-10(11-6-8-12(19-4)9-7-11)13(17)16-15(2,3)14(18)20-5/h6-10H,1-5H3,(H,16,17). The average molecular weight is 279 g/mol. The van der Waals surface area contributed by atoms with Crippen molar-refractivity contribution in [3.63, 3.8) is 0 Å². The van der Waals surface area contributed by atoms with E-state index in [1.165, 1.54) is 7.11 Å². The van der Waals surface area contributed by atoms with Gasteiger partial charge in [0.25, 0.3) is 0 Å². The Balaban J connectivity index is 2.78. The highest BCUT2D eigenvalue weighted by atomic mass is 16.5. The molecular formula is C15H21NO4. The van der Waals surface area contributed by atoms with Crippen LogP contribution in [0.1, 0.15) is 32.3 Å². The highest BCUT2D eigenvalue weighted by molar-refractivity contribution is 5.90. The monoisotopic (exact) mass is 279 g/mol. The van der Waals surface area contributed by atoms with Crippen LogP contribution in [0.5, 0.6) is 5.75 Å². The molecule has 0 bridgehead atoms. The lowest BCUT2D eigenvalue weighted by Crippen LogP contribution is -2.51. The van der Waals surface area contributed by atoms with Gasteiger partial charge in [0, 0.05) is 0 Å². The van der Waals surface area contributed by atoms with Crippen LogP contribution in [-0.4, -0.2) is 31.6 Å². The first-order chi connectivity index (χ1) is 9.31. The van der Waals surface area contributed by atoms with Crippen molar-refractivity contribution in [2.75, 3.05) is 14.2 Å². The highest BCUT2D eigenvalue weighted by Crippen LogP contribution is 2.20. The Morgan fingerprint density at radius 1 is 1.15 bits per heavy atom. The minimum atomic E-state index is -1.05. The summed E-state index contributed by atoms with van der Waals surface area (Å²) < 4.78 is 9.74. The van der Waals surface area contributed by atoms with Crippen LogP contribution in [0.25, 0.3) is 0 Å². The number of benzene rings is 1. The highest BCUT2D eigenvalue weighted by Gasteiger charge is 2.32. The average Bonchev–Trinajstić information content (AvgIpc) is 2.45. The molecule has 0 aliphatic rings. The molecule has 0 aliphatic heterocycles. The molecule has 5 nitrogen and oxygen atoms in total. The van der Waals surface area contributed by atoms with Crippen LogP contribution < -0.4 is 10.1 Å². The Labute approximate surface area is 119 Å². The number of amides is 1. The molecule has 1 N–H and O–H groups in total. The Morgan fingerprint density at radius 2 is 1.70 bits per heavy atom. The molecule has 1 aromatic rings. The summed E-state index contributed by atoms with van der Waals surface area (Å²) >= 11 is 0. The van der Waals surface area contributed by atoms with Crippen molar-refractivity contribution >= 4 is 11.9 Å². The van der Waals surface area contributed by atoms with E-state index < -0.39 is 11.5 Å². The van der Waals surface area contributed by atoms with Gasteiger partial charge in [-0.15, -0.1) is 0 Å². The zero-order chi connectivity index (χ0) is 15.3. The lowest BCUT2D eigenvalue weighted by Gasteiger charge is -2.25. The first-order valence-corrected chi connectivity index (χ1v) is 6.36. The van der Waals surface area contributed by atoms with Crippen molar-refractivity contribution in [3.05, 3.63) is 29.8 Å². The van der Waals surface area contributed by atoms with E-state index in [-0.39, 0.29) is 11.8 Å². The van der Waals surface area contributed by atoms with E-state index in [2.05, 4.69) is 10.1 Å². The van der Waals surface area contributed by atoms with Crippen molar-refractivity contribution in [3.8, 4) is 5.75 Å². The Hall–Kier alpha value is -2.04. The van der Waals surface area contributed by atoms with Gasteiger partial charge in [-0.1, -0.05) is 12.1 Å². The maximum absolute atomic E-state index is 12.2. The summed E-state index contributed by atoms with van der Waals surface area (Å²) in [5, 5.41) is 2.69. The number of ether oxygens (including phenoxy) is 2. The van der Waals surface area contributed by atoms with E-state index in [9.17, 15) is 9.59 Å². The number of carbonyl (C=O) groups excluding carboxylic acids is 2. The van der Waals surface area contributed by atoms with Gasteiger partial charge in [0.1, 0.15) is 11.3 Å². The number of esters is 1. The number of hydrogen-bond donors (Lipinski definition) is 1. The first kappa shape index (κ1) is 16.0. The minimum absolute atomic E-state index is 0.231. The van der Waals surface area contributed by atoms with E-state index in [0.717, 1.165) is 11.3 Å². The van der Waals surface area contributed by atoms with Gasteiger partial charge in [0.05, 0.1) is 20.1 Å².